The molecule has 4 heteroatoms. The van der Waals surface area contributed by atoms with Gasteiger partial charge >= 0.3 is 0 Å². The molecular formula is C26H22O4. The van der Waals surface area contributed by atoms with E-state index in [1.807, 2.05) is 24.3 Å². The zero-order chi connectivity index (χ0) is 20.8. The topological polar surface area (TPSA) is 36.9 Å². The Balaban J connectivity index is 2.09. The monoisotopic (exact) mass is 398 g/mol. The Morgan fingerprint density at radius 3 is 1.10 bits per heavy atom. The summed E-state index contributed by atoms with van der Waals surface area (Å²) in [5, 5.41) is 8.81. The average molecular weight is 398 g/mol. The molecule has 0 saturated heterocycles. The highest BCUT2D eigenvalue weighted by atomic mass is 16.5. The molecule has 0 spiro atoms. The van der Waals surface area contributed by atoms with Crippen LogP contribution in [0.4, 0.5) is 0 Å². The molecule has 150 valence electrons. The summed E-state index contributed by atoms with van der Waals surface area (Å²) in [6.07, 6.45) is 0. The highest BCUT2D eigenvalue weighted by molar-refractivity contribution is 6.29. The van der Waals surface area contributed by atoms with Gasteiger partial charge in [0.15, 0.2) is 0 Å². The van der Waals surface area contributed by atoms with Crippen molar-refractivity contribution in [3.05, 3.63) is 60.7 Å². The maximum Gasteiger partial charge on any atom is 0.131 e. The molecule has 0 fully saturated rings. The molecule has 0 N–H and O–H groups in total. The summed E-state index contributed by atoms with van der Waals surface area (Å²) in [5.41, 5.74) is 0. The van der Waals surface area contributed by atoms with Crippen LogP contribution in [0.1, 0.15) is 0 Å². The van der Waals surface area contributed by atoms with Crippen molar-refractivity contribution < 1.29 is 18.9 Å². The van der Waals surface area contributed by atoms with E-state index in [4.69, 9.17) is 18.9 Å². The quantitative estimate of drug-likeness (QED) is 0.331. The molecule has 0 aliphatic rings. The number of benzene rings is 5. The van der Waals surface area contributed by atoms with E-state index in [1.165, 1.54) is 0 Å². The first-order valence-corrected chi connectivity index (χ1v) is 9.74. The molecule has 0 aliphatic heterocycles. The van der Waals surface area contributed by atoms with Crippen LogP contribution >= 0.6 is 0 Å². The highest BCUT2D eigenvalue weighted by Crippen LogP contribution is 2.44. The summed E-state index contributed by atoms with van der Waals surface area (Å²) in [5.74, 6) is 3.11. The number of rotatable bonds is 4. The van der Waals surface area contributed by atoms with Crippen molar-refractivity contribution in [1.29, 1.82) is 0 Å². The van der Waals surface area contributed by atoms with E-state index in [0.29, 0.717) is 0 Å². The molecule has 0 amide bonds. The Morgan fingerprint density at radius 2 is 0.767 bits per heavy atom. The van der Waals surface area contributed by atoms with Crippen LogP contribution in [0.3, 0.4) is 0 Å². The second-order valence-electron chi connectivity index (χ2n) is 7.25. The van der Waals surface area contributed by atoms with Crippen molar-refractivity contribution in [2.45, 2.75) is 0 Å². The number of fused-ring (bicyclic) bond motifs is 7. The molecule has 5 aromatic rings. The van der Waals surface area contributed by atoms with E-state index in [0.717, 1.165) is 66.1 Å². The van der Waals surface area contributed by atoms with Crippen LogP contribution in [0, 0.1) is 0 Å². The zero-order valence-electron chi connectivity index (χ0n) is 17.4. The van der Waals surface area contributed by atoms with Gasteiger partial charge in [-0.25, -0.2) is 0 Å². The van der Waals surface area contributed by atoms with Gasteiger partial charge in [-0.15, -0.1) is 0 Å². The van der Waals surface area contributed by atoms with Gasteiger partial charge in [-0.3, -0.25) is 0 Å². The van der Waals surface area contributed by atoms with Crippen LogP contribution in [0.25, 0.3) is 43.1 Å². The van der Waals surface area contributed by atoms with Gasteiger partial charge in [-0.1, -0.05) is 36.4 Å². The summed E-state index contributed by atoms with van der Waals surface area (Å²) in [6.45, 7) is 0. The van der Waals surface area contributed by atoms with E-state index in [1.54, 1.807) is 28.4 Å². The van der Waals surface area contributed by atoms with Gasteiger partial charge in [0.05, 0.1) is 28.4 Å². The first-order valence-electron chi connectivity index (χ1n) is 9.74. The van der Waals surface area contributed by atoms with Gasteiger partial charge in [-0.05, 0) is 33.7 Å². The van der Waals surface area contributed by atoms with Crippen LogP contribution in [0.2, 0.25) is 0 Å². The van der Waals surface area contributed by atoms with E-state index >= 15 is 0 Å². The predicted octanol–water partition coefficient (Wildman–Crippen LogP) is 6.33. The van der Waals surface area contributed by atoms with Crippen LogP contribution in [0.5, 0.6) is 23.0 Å². The molecule has 4 nitrogen and oxygen atoms in total. The summed E-state index contributed by atoms with van der Waals surface area (Å²) < 4.78 is 22.6. The number of methoxy groups -OCH3 is 4. The predicted molar refractivity (Wildman–Crippen MR) is 123 cm³/mol. The largest absolute Gasteiger partial charge is 0.497 e. The maximum atomic E-state index is 5.80. The van der Waals surface area contributed by atoms with Crippen LogP contribution in [0.15, 0.2) is 60.7 Å². The summed E-state index contributed by atoms with van der Waals surface area (Å²) in [6, 6.07) is 20.8. The normalized spacial score (nSPS) is 11.3. The second kappa shape index (κ2) is 6.99. The van der Waals surface area contributed by atoms with Gasteiger partial charge in [0.1, 0.15) is 23.0 Å². The Labute approximate surface area is 174 Å². The fraction of sp³-hybridized carbons (Fsp3) is 0.154. The van der Waals surface area contributed by atoms with E-state index in [2.05, 4.69) is 36.4 Å². The zero-order valence-corrected chi connectivity index (χ0v) is 17.4. The molecular weight excluding hydrogens is 376 g/mol. The molecule has 0 heterocycles. The average Bonchev–Trinajstić information content (AvgIpc) is 2.81. The lowest BCUT2D eigenvalue weighted by atomic mass is 9.92. The van der Waals surface area contributed by atoms with Crippen LogP contribution in [-0.2, 0) is 0 Å². The Hall–Kier alpha value is -3.66. The molecule has 5 rings (SSSR count). The fourth-order valence-electron chi connectivity index (χ4n) is 4.39. The van der Waals surface area contributed by atoms with Crippen LogP contribution in [-0.4, -0.2) is 28.4 Å². The fourth-order valence-corrected chi connectivity index (χ4v) is 4.39. The first kappa shape index (κ1) is 18.4. The Kier molecular flexibility index (Phi) is 4.28. The molecule has 0 atom stereocenters. The van der Waals surface area contributed by atoms with Crippen molar-refractivity contribution in [1.82, 2.24) is 0 Å². The Morgan fingerprint density at radius 1 is 0.400 bits per heavy atom. The minimum atomic E-state index is 0.770. The SMILES string of the molecule is COc1cc(OC)c2c(ccc3ccc4ccc5cc(OC)cc(OC)c5c4c32)c1. The summed E-state index contributed by atoms with van der Waals surface area (Å²) in [7, 11) is 6.73. The molecule has 0 aliphatic carbocycles. The van der Waals surface area contributed by atoms with E-state index in [-0.39, 0.29) is 0 Å². The van der Waals surface area contributed by atoms with Crippen LogP contribution < -0.4 is 18.9 Å². The van der Waals surface area contributed by atoms with E-state index in [9.17, 15) is 0 Å². The van der Waals surface area contributed by atoms with Crippen molar-refractivity contribution in [2.24, 2.45) is 0 Å². The lowest BCUT2D eigenvalue weighted by Gasteiger charge is -2.16. The lowest BCUT2D eigenvalue weighted by molar-refractivity contribution is 0.398. The number of ether oxygens (including phenoxy) is 4. The smallest absolute Gasteiger partial charge is 0.131 e. The molecule has 0 saturated carbocycles. The molecule has 30 heavy (non-hydrogen) atoms. The minimum absolute atomic E-state index is 0.770. The summed E-state index contributed by atoms with van der Waals surface area (Å²) in [4.78, 5) is 0. The maximum absolute atomic E-state index is 5.80. The highest BCUT2D eigenvalue weighted by Gasteiger charge is 2.16. The minimum Gasteiger partial charge on any atom is -0.497 e. The van der Waals surface area contributed by atoms with E-state index < -0.39 is 0 Å². The number of hydrogen-bond donors (Lipinski definition) is 0. The molecule has 5 aromatic carbocycles. The standard InChI is InChI=1S/C26H22O4/c1-27-19-11-17-9-7-15-5-6-16-8-10-18-12-20(28-2)14-22(30-4)24(18)26(16)25(15)23(17)21(13-19)29-3/h5-14H,1-4H3. The Bertz CT molecular complexity index is 1330. The van der Waals surface area contributed by atoms with Gasteiger partial charge < -0.3 is 18.9 Å². The first-order chi connectivity index (χ1) is 14.7. The van der Waals surface area contributed by atoms with Crippen molar-refractivity contribution in [3.63, 3.8) is 0 Å². The molecule has 0 radical (unpaired) electrons. The third kappa shape index (κ3) is 2.61. The van der Waals surface area contributed by atoms with Gasteiger partial charge in [0.25, 0.3) is 0 Å². The molecule has 0 aromatic heterocycles. The molecule has 0 bridgehead atoms. The van der Waals surface area contributed by atoms with Crippen molar-refractivity contribution in [3.8, 4) is 23.0 Å². The van der Waals surface area contributed by atoms with Gasteiger partial charge in [0, 0.05) is 33.7 Å². The molecule has 0 unspecified atom stereocenters. The second-order valence-corrected chi connectivity index (χ2v) is 7.25. The lowest BCUT2D eigenvalue weighted by Crippen LogP contribution is -1.93. The van der Waals surface area contributed by atoms with Crippen molar-refractivity contribution >= 4 is 43.1 Å². The summed E-state index contributed by atoms with van der Waals surface area (Å²) >= 11 is 0. The number of hydrogen-bond acceptors (Lipinski definition) is 4. The third-order valence-electron chi connectivity index (χ3n) is 5.78. The third-order valence-corrected chi connectivity index (χ3v) is 5.78. The van der Waals surface area contributed by atoms with Crippen molar-refractivity contribution in [2.75, 3.05) is 28.4 Å². The van der Waals surface area contributed by atoms with Gasteiger partial charge in [0.2, 0.25) is 0 Å². The van der Waals surface area contributed by atoms with Gasteiger partial charge in [-0.2, -0.15) is 0 Å².